The maximum absolute atomic E-state index is 12.5. The van der Waals surface area contributed by atoms with Gasteiger partial charge in [0.2, 0.25) is 5.91 Å². The molecular formula is C17H22N4O2. The maximum atomic E-state index is 12.5. The molecule has 0 N–H and O–H groups in total. The third kappa shape index (κ3) is 3.45. The Kier molecular flexibility index (Phi) is 4.77. The molecule has 2 fully saturated rings. The summed E-state index contributed by atoms with van der Waals surface area (Å²) in [5, 5.41) is 9.23. The number of nitrogens with zero attached hydrogens (tertiary/aromatic N) is 4. The monoisotopic (exact) mass is 314 g/mol. The van der Waals surface area contributed by atoms with Crippen LogP contribution >= 0.6 is 0 Å². The van der Waals surface area contributed by atoms with E-state index in [4.69, 9.17) is 4.74 Å². The van der Waals surface area contributed by atoms with Crippen LogP contribution in [0.5, 0.6) is 0 Å². The van der Waals surface area contributed by atoms with Gasteiger partial charge in [0.15, 0.2) is 0 Å². The Morgan fingerprint density at radius 2 is 2.30 bits per heavy atom. The summed E-state index contributed by atoms with van der Waals surface area (Å²) in [5.74, 6) is 0.987. The maximum Gasteiger partial charge on any atom is 0.228 e. The van der Waals surface area contributed by atoms with Crippen LogP contribution in [-0.4, -0.2) is 54.7 Å². The number of amides is 1. The Labute approximate surface area is 136 Å². The van der Waals surface area contributed by atoms with Gasteiger partial charge in [0.1, 0.15) is 11.9 Å². The summed E-state index contributed by atoms with van der Waals surface area (Å²) in [5.41, 5.74) is 0.589. The van der Waals surface area contributed by atoms with E-state index in [2.05, 4.69) is 16.0 Å². The van der Waals surface area contributed by atoms with Crippen molar-refractivity contribution in [3.8, 4) is 6.07 Å². The second-order valence-electron chi connectivity index (χ2n) is 5.99. The van der Waals surface area contributed by atoms with Gasteiger partial charge in [0.25, 0.3) is 0 Å². The molecule has 0 radical (unpaired) electrons. The van der Waals surface area contributed by atoms with Gasteiger partial charge in [-0.15, -0.1) is 0 Å². The zero-order valence-corrected chi connectivity index (χ0v) is 13.4. The Morgan fingerprint density at radius 1 is 1.43 bits per heavy atom. The smallest absolute Gasteiger partial charge is 0.228 e. The van der Waals surface area contributed by atoms with E-state index in [0.29, 0.717) is 25.3 Å². The lowest BCUT2D eigenvalue weighted by Crippen LogP contribution is -2.37. The molecule has 0 bridgehead atoms. The fourth-order valence-electron chi connectivity index (χ4n) is 3.15. The number of aromatic nitrogens is 1. The van der Waals surface area contributed by atoms with Crippen LogP contribution in [0.3, 0.4) is 0 Å². The molecule has 1 saturated heterocycles. The standard InChI is InChI=1S/C17H22N4O2/c1-2-23-15-11-14(15)17(22)21-8-4-7-20(9-10-21)16-13(12-18)5-3-6-19-16/h3,5-6,14-15H,2,4,7-11H2,1H3/t14-,15+/m1/s1. The van der Waals surface area contributed by atoms with Crippen molar-refractivity contribution in [3.63, 3.8) is 0 Å². The second-order valence-corrected chi connectivity index (χ2v) is 5.99. The average Bonchev–Trinajstić information content (AvgIpc) is 3.37. The molecule has 3 rings (SSSR count). The zero-order valence-electron chi connectivity index (χ0n) is 13.4. The van der Waals surface area contributed by atoms with E-state index >= 15 is 0 Å². The van der Waals surface area contributed by atoms with Crippen molar-refractivity contribution in [2.45, 2.75) is 25.9 Å². The minimum Gasteiger partial charge on any atom is -0.378 e. The molecule has 1 aromatic rings. The summed E-state index contributed by atoms with van der Waals surface area (Å²) >= 11 is 0. The fraction of sp³-hybridized carbons (Fsp3) is 0.588. The molecule has 0 aromatic carbocycles. The van der Waals surface area contributed by atoms with Gasteiger partial charge in [-0.25, -0.2) is 4.98 Å². The number of ether oxygens (including phenoxy) is 1. The van der Waals surface area contributed by atoms with Gasteiger partial charge in [0.05, 0.1) is 17.6 Å². The largest absolute Gasteiger partial charge is 0.378 e. The van der Waals surface area contributed by atoms with Crippen molar-refractivity contribution >= 4 is 11.7 Å². The van der Waals surface area contributed by atoms with E-state index in [1.807, 2.05) is 11.8 Å². The van der Waals surface area contributed by atoms with E-state index in [1.165, 1.54) is 0 Å². The van der Waals surface area contributed by atoms with Crippen molar-refractivity contribution in [2.24, 2.45) is 5.92 Å². The average molecular weight is 314 g/mol. The van der Waals surface area contributed by atoms with Crippen LogP contribution in [-0.2, 0) is 9.53 Å². The number of anilines is 1. The van der Waals surface area contributed by atoms with Crippen LogP contribution in [0.15, 0.2) is 18.3 Å². The first-order valence-corrected chi connectivity index (χ1v) is 8.25. The highest BCUT2D eigenvalue weighted by molar-refractivity contribution is 5.82. The molecule has 1 aliphatic carbocycles. The molecule has 0 unspecified atom stereocenters. The Hall–Kier alpha value is -2.13. The summed E-state index contributed by atoms with van der Waals surface area (Å²) in [4.78, 5) is 20.9. The third-order valence-corrected chi connectivity index (χ3v) is 4.44. The van der Waals surface area contributed by atoms with Crippen LogP contribution in [0.4, 0.5) is 5.82 Å². The lowest BCUT2D eigenvalue weighted by molar-refractivity contribution is -0.133. The summed E-state index contributed by atoms with van der Waals surface area (Å²) in [6.07, 6.45) is 3.57. The van der Waals surface area contributed by atoms with Crippen LogP contribution in [0.2, 0.25) is 0 Å². The van der Waals surface area contributed by atoms with Gasteiger partial charge in [-0.3, -0.25) is 4.79 Å². The highest BCUT2D eigenvalue weighted by Crippen LogP contribution is 2.35. The highest BCUT2D eigenvalue weighted by Gasteiger charge is 2.45. The van der Waals surface area contributed by atoms with Crippen LogP contribution < -0.4 is 4.90 Å². The lowest BCUT2D eigenvalue weighted by atomic mass is 10.2. The molecule has 1 saturated carbocycles. The van der Waals surface area contributed by atoms with Gasteiger partial charge in [-0.1, -0.05) is 0 Å². The van der Waals surface area contributed by atoms with Crippen molar-refractivity contribution in [2.75, 3.05) is 37.7 Å². The SMILES string of the molecule is CCO[C@H]1C[C@H]1C(=O)N1CCCN(c2ncccc2C#N)CC1. The third-order valence-electron chi connectivity index (χ3n) is 4.44. The normalized spacial score (nSPS) is 24.0. The van der Waals surface area contributed by atoms with Gasteiger partial charge in [0, 0.05) is 39.0 Å². The molecule has 2 atom stereocenters. The summed E-state index contributed by atoms with van der Waals surface area (Å²) in [6, 6.07) is 5.75. The Balaban J connectivity index is 1.62. The molecule has 23 heavy (non-hydrogen) atoms. The molecule has 2 aliphatic rings. The highest BCUT2D eigenvalue weighted by atomic mass is 16.5. The molecule has 0 spiro atoms. The van der Waals surface area contributed by atoms with Crippen molar-refractivity contribution < 1.29 is 9.53 Å². The molecule has 2 heterocycles. The number of carbonyl (C=O) groups is 1. The minimum absolute atomic E-state index is 0.0472. The molecule has 1 amide bonds. The molecule has 1 aromatic heterocycles. The van der Waals surface area contributed by atoms with Gasteiger partial charge < -0.3 is 14.5 Å². The molecule has 6 nitrogen and oxygen atoms in total. The first-order valence-electron chi connectivity index (χ1n) is 8.25. The minimum atomic E-state index is 0.0472. The number of rotatable bonds is 4. The van der Waals surface area contributed by atoms with E-state index in [1.54, 1.807) is 18.3 Å². The van der Waals surface area contributed by atoms with Gasteiger partial charge in [-0.05, 0) is 31.9 Å². The van der Waals surface area contributed by atoms with Crippen LogP contribution in [0.1, 0.15) is 25.3 Å². The number of pyridine rings is 1. The number of nitriles is 1. The number of hydrogen-bond acceptors (Lipinski definition) is 5. The van der Waals surface area contributed by atoms with Gasteiger partial charge in [-0.2, -0.15) is 5.26 Å². The first-order chi connectivity index (χ1) is 11.2. The predicted molar refractivity (Wildman–Crippen MR) is 85.9 cm³/mol. The summed E-state index contributed by atoms with van der Waals surface area (Å²) in [6.45, 7) is 5.59. The van der Waals surface area contributed by atoms with E-state index in [0.717, 1.165) is 31.7 Å². The molecular weight excluding hydrogens is 292 g/mol. The van der Waals surface area contributed by atoms with Crippen LogP contribution in [0, 0.1) is 17.2 Å². The zero-order chi connectivity index (χ0) is 16.2. The number of carbonyl (C=O) groups excluding carboxylic acids is 1. The summed E-state index contributed by atoms with van der Waals surface area (Å²) in [7, 11) is 0. The summed E-state index contributed by atoms with van der Waals surface area (Å²) < 4.78 is 5.53. The van der Waals surface area contributed by atoms with E-state index < -0.39 is 0 Å². The predicted octanol–water partition coefficient (Wildman–Crippen LogP) is 1.42. The Bertz CT molecular complexity index is 613. The van der Waals surface area contributed by atoms with Gasteiger partial charge >= 0.3 is 0 Å². The van der Waals surface area contributed by atoms with Crippen molar-refractivity contribution in [1.82, 2.24) is 9.88 Å². The van der Waals surface area contributed by atoms with E-state index in [-0.39, 0.29) is 17.9 Å². The molecule has 6 heteroatoms. The number of hydrogen-bond donors (Lipinski definition) is 0. The van der Waals surface area contributed by atoms with E-state index in [9.17, 15) is 10.1 Å². The second kappa shape index (κ2) is 6.97. The quantitative estimate of drug-likeness (QED) is 0.840. The van der Waals surface area contributed by atoms with Crippen molar-refractivity contribution in [3.05, 3.63) is 23.9 Å². The van der Waals surface area contributed by atoms with Crippen molar-refractivity contribution in [1.29, 1.82) is 5.26 Å². The topological polar surface area (TPSA) is 69.5 Å². The lowest BCUT2D eigenvalue weighted by Gasteiger charge is -2.23. The Morgan fingerprint density at radius 3 is 3.09 bits per heavy atom. The first kappa shape index (κ1) is 15.8. The van der Waals surface area contributed by atoms with Crippen LogP contribution in [0.25, 0.3) is 0 Å². The fourth-order valence-corrected chi connectivity index (χ4v) is 3.15. The molecule has 1 aliphatic heterocycles. The molecule has 122 valence electrons.